The molecule has 3 heteroatoms. The number of hydrogen-bond donors (Lipinski definition) is 0. The molecule has 1 atom stereocenters. The molecule has 1 fully saturated rings. The maximum Gasteiger partial charge on any atom is 0.313 e. The summed E-state index contributed by atoms with van der Waals surface area (Å²) in [7, 11) is 2.05. The molecule has 0 N–H and O–H groups in total. The summed E-state index contributed by atoms with van der Waals surface area (Å²) in [4.78, 5) is 13.8. The lowest BCUT2D eigenvalue weighted by atomic mass is 9.82. The van der Waals surface area contributed by atoms with Crippen LogP contribution in [0.5, 0.6) is 0 Å². The maximum absolute atomic E-state index is 11.6. The molecule has 0 spiro atoms. The van der Waals surface area contributed by atoms with Crippen LogP contribution in [0.15, 0.2) is 0 Å². The smallest absolute Gasteiger partial charge is 0.313 e. The van der Waals surface area contributed by atoms with Gasteiger partial charge in [0, 0.05) is 6.54 Å². The van der Waals surface area contributed by atoms with Gasteiger partial charge in [-0.3, -0.25) is 4.79 Å². The minimum absolute atomic E-state index is 0.0402. The Morgan fingerprint density at radius 3 is 2.85 bits per heavy atom. The molecule has 1 saturated heterocycles. The number of carbonyl (C=O) groups is 1. The van der Waals surface area contributed by atoms with Gasteiger partial charge in [-0.05, 0) is 40.3 Å². The molecular formula is C10H19NO2. The van der Waals surface area contributed by atoms with E-state index in [4.69, 9.17) is 4.74 Å². The van der Waals surface area contributed by atoms with Crippen LogP contribution in [0.2, 0.25) is 0 Å². The molecule has 0 radical (unpaired) electrons. The van der Waals surface area contributed by atoms with Crippen molar-refractivity contribution < 1.29 is 9.53 Å². The Labute approximate surface area is 80.1 Å². The molecular weight excluding hydrogens is 166 g/mol. The fourth-order valence-electron chi connectivity index (χ4n) is 1.96. The molecule has 0 amide bonds. The summed E-state index contributed by atoms with van der Waals surface area (Å²) < 4.78 is 5.07. The Hall–Kier alpha value is -0.570. The van der Waals surface area contributed by atoms with Crippen LogP contribution >= 0.6 is 0 Å². The first kappa shape index (κ1) is 10.5. The van der Waals surface area contributed by atoms with Crippen molar-refractivity contribution >= 4 is 5.97 Å². The molecule has 1 aliphatic rings. The van der Waals surface area contributed by atoms with Crippen LogP contribution in [-0.4, -0.2) is 37.6 Å². The van der Waals surface area contributed by atoms with E-state index >= 15 is 0 Å². The zero-order valence-electron chi connectivity index (χ0n) is 8.80. The predicted molar refractivity (Wildman–Crippen MR) is 51.5 cm³/mol. The van der Waals surface area contributed by atoms with Gasteiger partial charge in [-0.2, -0.15) is 0 Å². The van der Waals surface area contributed by atoms with Crippen LogP contribution < -0.4 is 0 Å². The largest absolute Gasteiger partial charge is 0.466 e. The first-order valence-corrected chi connectivity index (χ1v) is 4.94. The molecule has 0 aromatic heterocycles. The Bertz CT molecular complexity index is 193. The molecule has 0 saturated carbocycles. The average Bonchev–Trinajstić information content (AvgIpc) is 2.04. The standard InChI is InChI=1S/C10H19NO2/c1-4-13-9(12)10(2)6-5-7-11(3)8-10/h4-8H2,1-3H3. The van der Waals surface area contributed by atoms with Gasteiger partial charge in [-0.25, -0.2) is 0 Å². The second kappa shape index (κ2) is 4.09. The highest BCUT2D eigenvalue weighted by molar-refractivity contribution is 5.76. The van der Waals surface area contributed by atoms with Crippen LogP contribution in [0.25, 0.3) is 0 Å². The molecule has 0 aromatic rings. The number of hydrogen-bond acceptors (Lipinski definition) is 3. The first-order valence-electron chi connectivity index (χ1n) is 4.94. The number of ether oxygens (including phenoxy) is 1. The Morgan fingerprint density at radius 2 is 2.31 bits per heavy atom. The fourth-order valence-corrected chi connectivity index (χ4v) is 1.96. The topological polar surface area (TPSA) is 29.5 Å². The van der Waals surface area contributed by atoms with Gasteiger partial charge in [0.15, 0.2) is 0 Å². The minimum Gasteiger partial charge on any atom is -0.466 e. The van der Waals surface area contributed by atoms with Gasteiger partial charge in [0.05, 0.1) is 12.0 Å². The Balaban J connectivity index is 2.57. The number of carbonyl (C=O) groups excluding carboxylic acids is 1. The number of nitrogens with zero attached hydrogens (tertiary/aromatic N) is 1. The van der Waals surface area contributed by atoms with E-state index in [1.54, 1.807) is 0 Å². The summed E-state index contributed by atoms with van der Waals surface area (Å²) in [5.74, 6) is -0.0402. The lowest BCUT2D eigenvalue weighted by Gasteiger charge is -2.36. The number of likely N-dealkylation sites (tertiary alicyclic amines) is 1. The first-order chi connectivity index (χ1) is 6.08. The Morgan fingerprint density at radius 1 is 1.62 bits per heavy atom. The van der Waals surface area contributed by atoms with Gasteiger partial charge in [0.25, 0.3) is 0 Å². The molecule has 13 heavy (non-hydrogen) atoms. The van der Waals surface area contributed by atoms with Crippen molar-refractivity contribution in [2.24, 2.45) is 5.41 Å². The van der Waals surface area contributed by atoms with Gasteiger partial charge in [-0.1, -0.05) is 0 Å². The monoisotopic (exact) mass is 185 g/mol. The van der Waals surface area contributed by atoms with Crippen molar-refractivity contribution in [2.75, 3.05) is 26.7 Å². The van der Waals surface area contributed by atoms with Crippen LogP contribution in [0.4, 0.5) is 0 Å². The maximum atomic E-state index is 11.6. The summed E-state index contributed by atoms with van der Waals surface area (Å²) in [6.45, 7) is 6.26. The molecule has 1 rings (SSSR count). The zero-order chi connectivity index (χ0) is 9.90. The molecule has 0 bridgehead atoms. The van der Waals surface area contributed by atoms with Crippen molar-refractivity contribution in [1.82, 2.24) is 4.90 Å². The third-order valence-electron chi connectivity index (χ3n) is 2.66. The quantitative estimate of drug-likeness (QED) is 0.607. The van der Waals surface area contributed by atoms with Crippen LogP contribution in [0.3, 0.4) is 0 Å². The molecule has 1 unspecified atom stereocenters. The minimum atomic E-state index is -0.275. The van der Waals surface area contributed by atoms with E-state index < -0.39 is 0 Å². The van der Waals surface area contributed by atoms with Crippen molar-refractivity contribution in [1.29, 1.82) is 0 Å². The third-order valence-corrected chi connectivity index (χ3v) is 2.66. The van der Waals surface area contributed by atoms with E-state index in [2.05, 4.69) is 11.9 Å². The zero-order valence-corrected chi connectivity index (χ0v) is 8.80. The highest BCUT2D eigenvalue weighted by Crippen LogP contribution is 2.29. The number of piperidine rings is 1. The highest BCUT2D eigenvalue weighted by atomic mass is 16.5. The molecule has 1 aliphatic heterocycles. The fraction of sp³-hybridized carbons (Fsp3) is 0.900. The van der Waals surface area contributed by atoms with Crippen molar-refractivity contribution in [3.05, 3.63) is 0 Å². The van der Waals surface area contributed by atoms with Crippen LogP contribution in [0.1, 0.15) is 26.7 Å². The predicted octanol–water partition coefficient (Wildman–Crippen LogP) is 1.28. The number of esters is 1. The molecule has 76 valence electrons. The van der Waals surface area contributed by atoms with Gasteiger partial charge in [-0.15, -0.1) is 0 Å². The average molecular weight is 185 g/mol. The van der Waals surface area contributed by atoms with Gasteiger partial charge < -0.3 is 9.64 Å². The van der Waals surface area contributed by atoms with Crippen LogP contribution in [-0.2, 0) is 9.53 Å². The van der Waals surface area contributed by atoms with E-state index in [9.17, 15) is 4.79 Å². The molecule has 0 aliphatic carbocycles. The Kier molecular flexibility index (Phi) is 3.31. The van der Waals surface area contributed by atoms with Crippen molar-refractivity contribution in [3.63, 3.8) is 0 Å². The SMILES string of the molecule is CCOC(=O)C1(C)CCCN(C)C1. The van der Waals surface area contributed by atoms with Crippen LogP contribution in [0, 0.1) is 5.41 Å². The molecule has 1 heterocycles. The summed E-state index contributed by atoms with van der Waals surface area (Å²) in [6, 6.07) is 0. The van der Waals surface area contributed by atoms with Gasteiger partial charge >= 0.3 is 5.97 Å². The normalized spacial score (nSPS) is 30.1. The summed E-state index contributed by atoms with van der Waals surface area (Å²) in [5.41, 5.74) is -0.275. The summed E-state index contributed by atoms with van der Waals surface area (Å²) >= 11 is 0. The third kappa shape index (κ3) is 2.44. The second-order valence-electron chi connectivity index (χ2n) is 4.12. The highest BCUT2D eigenvalue weighted by Gasteiger charge is 2.37. The number of rotatable bonds is 2. The van der Waals surface area contributed by atoms with E-state index in [-0.39, 0.29) is 11.4 Å². The van der Waals surface area contributed by atoms with Crippen molar-refractivity contribution in [3.8, 4) is 0 Å². The van der Waals surface area contributed by atoms with E-state index in [1.165, 1.54) is 0 Å². The van der Waals surface area contributed by atoms with Gasteiger partial charge in [0.1, 0.15) is 0 Å². The second-order valence-corrected chi connectivity index (χ2v) is 4.12. The van der Waals surface area contributed by atoms with Gasteiger partial charge in [0.2, 0.25) is 0 Å². The van der Waals surface area contributed by atoms with Crippen molar-refractivity contribution in [2.45, 2.75) is 26.7 Å². The molecule has 0 aromatic carbocycles. The summed E-state index contributed by atoms with van der Waals surface area (Å²) in [5, 5.41) is 0. The van der Waals surface area contributed by atoms with E-state index in [0.29, 0.717) is 6.61 Å². The lowest BCUT2D eigenvalue weighted by molar-refractivity contribution is -0.157. The van der Waals surface area contributed by atoms with E-state index in [1.807, 2.05) is 13.8 Å². The molecule has 3 nitrogen and oxygen atoms in total. The summed E-state index contributed by atoms with van der Waals surface area (Å²) in [6.07, 6.45) is 2.04. The van der Waals surface area contributed by atoms with E-state index in [0.717, 1.165) is 25.9 Å². The lowest BCUT2D eigenvalue weighted by Crippen LogP contribution is -2.45.